The third-order valence-corrected chi connectivity index (χ3v) is 8.84. The van der Waals surface area contributed by atoms with Crippen LogP contribution in [0.15, 0.2) is 51.1 Å². The highest BCUT2D eigenvalue weighted by Crippen LogP contribution is 2.27. The molecule has 0 spiro atoms. The average Bonchev–Trinajstić information content (AvgIpc) is 3.44. The molecule has 4 rings (SSSR count). The van der Waals surface area contributed by atoms with E-state index in [1.807, 2.05) is 13.1 Å². The zero-order chi connectivity index (χ0) is 22.0. The number of nitrogens with zero attached hydrogens (tertiary/aromatic N) is 4. The third kappa shape index (κ3) is 4.83. The van der Waals surface area contributed by atoms with Crippen molar-refractivity contribution < 1.29 is 12.8 Å². The Labute approximate surface area is 192 Å². The van der Waals surface area contributed by atoms with Gasteiger partial charge in [-0.1, -0.05) is 18.6 Å². The lowest BCUT2D eigenvalue weighted by Crippen LogP contribution is -2.35. The minimum Gasteiger partial charge on any atom is -0.409 e. The van der Waals surface area contributed by atoms with Gasteiger partial charge in [-0.2, -0.15) is 4.31 Å². The normalized spacial score (nSPS) is 16.6. The Morgan fingerprint density at radius 3 is 2.71 bits per heavy atom. The highest BCUT2D eigenvalue weighted by Gasteiger charge is 2.26. The predicted molar refractivity (Wildman–Crippen MR) is 124 cm³/mol. The van der Waals surface area contributed by atoms with Gasteiger partial charge in [0.1, 0.15) is 0 Å². The Morgan fingerprint density at radius 1 is 1.23 bits per heavy atom. The zero-order valence-corrected chi connectivity index (χ0v) is 20.0. The van der Waals surface area contributed by atoms with E-state index < -0.39 is 10.0 Å². The van der Waals surface area contributed by atoms with Crippen molar-refractivity contribution in [2.45, 2.75) is 43.8 Å². The Kier molecular flexibility index (Phi) is 6.73. The van der Waals surface area contributed by atoms with Crippen LogP contribution < -0.4 is 0 Å². The zero-order valence-electron chi connectivity index (χ0n) is 17.6. The van der Waals surface area contributed by atoms with Crippen molar-refractivity contribution >= 4 is 33.6 Å². The summed E-state index contributed by atoms with van der Waals surface area (Å²) in [5.41, 5.74) is 0.594. The Balaban J connectivity index is 1.56. The molecule has 7 nitrogen and oxygen atoms in total. The van der Waals surface area contributed by atoms with Gasteiger partial charge >= 0.3 is 0 Å². The number of hydrogen-bond acceptors (Lipinski definition) is 7. The van der Waals surface area contributed by atoms with Gasteiger partial charge in [0.05, 0.1) is 11.6 Å². The maximum atomic E-state index is 13.0. The summed E-state index contributed by atoms with van der Waals surface area (Å²) in [6.07, 6.45) is 2.87. The van der Waals surface area contributed by atoms with E-state index in [0.717, 1.165) is 19.3 Å². The predicted octanol–water partition coefficient (Wildman–Crippen LogP) is 4.76. The van der Waals surface area contributed by atoms with Crippen LogP contribution in [0, 0.1) is 4.84 Å². The van der Waals surface area contributed by atoms with Crippen molar-refractivity contribution in [2.24, 2.45) is 0 Å². The van der Waals surface area contributed by atoms with Crippen LogP contribution in [-0.2, 0) is 16.7 Å². The lowest BCUT2D eigenvalue weighted by atomic mass is 10.2. The van der Waals surface area contributed by atoms with Gasteiger partial charge in [0.15, 0.2) is 0 Å². The maximum absolute atomic E-state index is 13.0. The molecule has 0 amide bonds. The summed E-state index contributed by atoms with van der Waals surface area (Å²) in [5, 5.41) is 6.58. The Morgan fingerprint density at radius 2 is 2.00 bits per heavy atom. The van der Waals surface area contributed by atoms with Crippen molar-refractivity contribution in [3.8, 4) is 11.5 Å². The molecule has 10 heteroatoms. The van der Waals surface area contributed by atoms with E-state index in [-0.39, 0.29) is 15.8 Å². The van der Waals surface area contributed by atoms with Crippen LogP contribution in [0.25, 0.3) is 11.5 Å². The Bertz CT molecular complexity index is 1180. The van der Waals surface area contributed by atoms with Crippen molar-refractivity contribution in [1.29, 1.82) is 0 Å². The molecule has 1 aliphatic heterocycles. The minimum atomic E-state index is -3.53. The number of aromatic nitrogens is 2. The lowest BCUT2D eigenvalue weighted by molar-refractivity contribution is 0.195. The van der Waals surface area contributed by atoms with E-state index in [2.05, 4.69) is 28.4 Å². The number of hydrogen-bond donors (Lipinski definition) is 0. The number of benzene rings is 1. The molecule has 31 heavy (non-hydrogen) atoms. The summed E-state index contributed by atoms with van der Waals surface area (Å²) < 4.78 is 34.9. The van der Waals surface area contributed by atoms with E-state index >= 15 is 0 Å². The number of thiophene rings is 1. The smallest absolute Gasteiger partial charge is 0.288 e. The van der Waals surface area contributed by atoms with E-state index in [0.29, 0.717) is 31.2 Å². The van der Waals surface area contributed by atoms with E-state index in [1.54, 1.807) is 44.6 Å². The van der Waals surface area contributed by atoms with Gasteiger partial charge in [-0.3, -0.25) is 4.90 Å². The monoisotopic (exact) mass is 478 g/mol. The van der Waals surface area contributed by atoms with Crippen LogP contribution in [0.2, 0.25) is 0 Å². The third-order valence-electron chi connectivity index (χ3n) is 5.61. The molecule has 1 aromatic carbocycles. The lowest BCUT2D eigenvalue weighted by Gasteiger charge is -2.25. The number of sulfonamides is 1. The summed E-state index contributed by atoms with van der Waals surface area (Å²) >= 11 is 7.08. The highest BCUT2D eigenvalue weighted by molar-refractivity contribution is 7.89. The molecule has 1 fully saturated rings. The van der Waals surface area contributed by atoms with Gasteiger partial charge < -0.3 is 4.42 Å². The molecule has 3 aromatic rings. The quantitative estimate of drug-likeness (QED) is 0.456. The average molecular weight is 479 g/mol. The second kappa shape index (κ2) is 9.33. The topological polar surface area (TPSA) is 71.6 Å². The van der Waals surface area contributed by atoms with Crippen molar-refractivity contribution in [3.63, 3.8) is 0 Å². The van der Waals surface area contributed by atoms with Crippen LogP contribution in [0.1, 0.15) is 37.1 Å². The molecule has 0 aliphatic carbocycles. The van der Waals surface area contributed by atoms with Gasteiger partial charge in [-0.15, -0.1) is 16.4 Å². The van der Waals surface area contributed by atoms with Crippen LogP contribution in [0.5, 0.6) is 0 Å². The van der Waals surface area contributed by atoms with E-state index in [9.17, 15) is 8.42 Å². The molecule has 0 unspecified atom stereocenters. The van der Waals surface area contributed by atoms with Gasteiger partial charge in [0, 0.05) is 29.6 Å². The first-order chi connectivity index (χ1) is 14.9. The first-order valence-electron chi connectivity index (χ1n) is 10.3. The molecule has 0 bridgehead atoms. The number of piperidine rings is 1. The molecule has 166 valence electrons. The standard InChI is InChI=1S/C21H26N4O3S3/c1-16(19-10-7-13-30-19)23(2)15-25-21(29)28-20(22-25)17-8-6-9-18(14-17)31(26,27)24-11-4-3-5-12-24/h6-10,13-14,16H,3-5,11-12,15H2,1-2H3/t16-/m1/s1. The molecule has 2 aromatic heterocycles. The fourth-order valence-electron chi connectivity index (χ4n) is 3.64. The largest absolute Gasteiger partial charge is 0.409 e. The second-order valence-corrected chi connectivity index (χ2v) is 11.0. The molecular weight excluding hydrogens is 452 g/mol. The molecule has 1 atom stereocenters. The maximum Gasteiger partial charge on any atom is 0.288 e. The van der Waals surface area contributed by atoms with Crippen molar-refractivity contribution in [2.75, 3.05) is 20.1 Å². The van der Waals surface area contributed by atoms with Gasteiger partial charge in [-0.05, 0) is 68.7 Å². The first kappa shape index (κ1) is 22.3. The fourth-order valence-corrected chi connectivity index (χ4v) is 6.23. The van der Waals surface area contributed by atoms with Gasteiger partial charge in [0.25, 0.3) is 4.84 Å². The molecular formula is C21H26N4O3S3. The van der Waals surface area contributed by atoms with Crippen LogP contribution >= 0.6 is 23.6 Å². The summed E-state index contributed by atoms with van der Waals surface area (Å²) in [5.74, 6) is 0.317. The van der Waals surface area contributed by atoms with Crippen LogP contribution in [-0.4, -0.2) is 47.5 Å². The number of rotatable bonds is 7. The molecule has 0 radical (unpaired) electrons. The van der Waals surface area contributed by atoms with Gasteiger partial charge in [-0.25, -0.2) is 13.1 Å². The Hall–Kier alpha value is -1.85. The second-order valence-electron chi connectivity index (χ2n) is 7.76. The molecule has 1 saturated heterocycles. The van der Waals surface area contributed by atoms with E-state index in [4.69, 9.17) is 16.6 Å². The summed E-state index contributed by atoms with van der Waals surface area (Å²) in [4.78, 5) is 3.90. The highest BCUT2D eigenvalue weighted by atomic mass is 32.2. The van der Waals surface area contributed by atoms with Gasteiger partial charge in [0.2, 0.25) is 15.9 Å². The van der Waals surface area contributed by atoms with Crippen LogP contribution in [0.4, 0.5) is 0 Å². The van der Waals surface area contributed by atoms with Crippen molar-refractivity contribution in [1.82, 2.24) is 19.0 Å². The fraction of sp³-hybridized carbons (Fsp3) is 0.429. The first-order valence-corrected chi connectivity index (χ1v) is 13.0. The SMILES string of the molecule is C[C@H](c1cccs1)N(C)Cn1nc(-c2cccc(S(=O)(=O)N3CCCCC3)c2)oc1=S. The summed E-state index contributed by atoms with van der Waals surface area (Å²) in [6, 6.07) is 11.1. The molecule has 0 saturated carbocycles. The van der Waals surface area contributed by atoms with Crippen molar-refractivity contribution in [3.05, 3.63) is 51.5 Å². The minimum absolute atomic E-state index is 0.208. The molecule has 0 N–H and O–H groups in total. The van der Waals surface area contributed by atoms with E-state index in [1.165, 1.54) is 4.88 Å². The van der Waals surface area contributed by atoms with Crippen LogP contribution in [0.3, 0.4) is 0 Å². The molecule has 3 heterocycles. The summed E-state index contributed by atoms with van der Waals surface area (Å²) in [7, 11) is -1.52. The molecule has 1 aliphatic rings. The summed E-state index contributed by atoms with van der Waals surface area (Å²) in [6.45, 7) is 3.73.